The molecule has 1 aliphatic rings. The lowest BCUT2D eigenvalue weighted by Gasteiger charge is -2.27. The van der Waals surface area contributed by atoms with Crippen LogP contribution in [0.3, 0.4) is 0 Å². The van der Waals surface area contributed by atoms with Gasteiger partial charge in [-0.3, -0.25) is 4.79 Å². The molecule has 9 nitrogen and oxygen atoms in total. The molecule has 0 fully saturated rings. The number of ether oxygens (including phenoxy) is 3. The minimum atomic E-state index is -0.755. The summed E-state index contributed by atoms with van der Waals surface area (Å²) in [5.74, 6) is 1.27. The zero-order chi connectivity index (χ0) is 26.9. The SMILES string of the molecule is CC(=O)Nc1cccc(COC[C@@H]2COc3ccc(CCNC[C@@H](O)c4ccc(O)c(CO)c4)cc3O2)c1. The fourth-order valence-corrected chi connectivity index (χ4v) is 4.18. The molecule has 0 bridgehead atoms. The Labute approximate surface area is 222 Å². The Hall–Kier alpha value is -3.63. The third-order valence-electron chi connectivity index (χ3n) is 6.13. The molecular formula is C29H34N2O7. The lowest BCUT2D eigenvalue weighted by atomic mass is 10.1. The van der Waals surface area contributed by atoms with E-state index in [1.54, 1.807) is 12.1 Å². The van der Waals surface area contributed by atoms with Crippen molar-refractivity contribution in [1.82, 2.24) is 5.32 Å². The van der Waals surface area contributed by atoms with Crippen LogP contribution >= 0.6 is 0 Å². The van der Waals surface area contributed by atoms with E-state index in [0.717, 1.165) is 23.2 Å². The first kappa shape index (κ1) is 27.4. The molecule has 202 valence electrons. The Morgan fingerprint density at radius 1 is 1.11 bits per heavy atom. The summed E-state index contributed by atoms with van der Waals surface area (Å²) in [4.78, 5) is 11.3. The Morgan fingerprint density at radius 3 is 2.79 bits per heavy atom. The Kier molecular flexibility index (Phi) is 9.56. The average Bonchev–Trinajstić information content (AvgIpc) is 2.91. The van der Waals surface area contributed by atoms with Crippen LogP contribution in [0.4, 0.5) is 5.69 Å². The summed E-state index contributed by atoms with van der Waals surface area (Å²) < 4.78 is 17.8. The molecule has 0 radical (unpaired) electrons. The monoisotopic (exact) mass is 522 g/mol. The van der Waals surface area contributed by atoms with E-state index in [9.17, 15) is 20.1 Å². The molecule has 0 spiro atoms. The Morgan fingerprint density at radius 2 is 1.97 bits per heavy atom. The van der Waals surface area contributed by atoms with E-state index in [-0.39, 0.29) is 24.4 Å². The van der Waals surface area contributed by atoms with E-state index in [1.165, 1.54) is 13.0 Å². The van der Waals surface area contributed by atoms with Gasteiger partial charge >= 0.3 is 0 Å². The summed E-state index contributed by atoms with van der Waals surface area (Å²) in [5.41, 5.74) is 3.77. The summed E-state index contributed by atoms with van der Waals surface area (Å²) >= 11 is 0. The van der Waals surface area contributed by atoms with E-state index < -0.39 is 6.10 Å². The number of carbonyl (C=O) groups excluding carboxylic acids is 1. The second-order valence-electron chi connectivity index (χ2n) is 9.24. The van der Waals surface area contributed by atoms with E-state index in [2.05, 4.69) is 10.6 Å². The van der Waals surface area contributed by atoms with Crippen molar-refractivity contribution in [2.75, 3.05) is 31.6 Å². The molecule has 9 heteroatoms. The van der Waals surface area contributed by atoms with Gasteiger partial charge in [-0.05, 0) is 66.1 Å². The molecule has 2 atom stereocenters. The minimum absolute atomic E-state index is 0.0114. The standard InChI is InChI=1S/C29H34N2O7/c1-19(33)31-24-4-2-3-21(11-24)16-36-17-25-18-37-28-8-5-20(12-29(28)38-25)9-10-30-14-27(35)22-6-7-26(34)23(13-22)15-32/h2-8,11-13,25,27,30,32,34-35H,9-10,14-18H2,1H3,(H,31,33)/t25-,27-/m1/s1. The van der Waals surface area contributed by atoms with Crippen LogP contribution in [0.15, 0.2) is 60.7 Å². The molecule has 0 saturated carbocycles. The number of aromatic hydroxyl groups is 1. The van der Waals surface area contributed by atoms with Crippen molar-refractivity contribution < 1.29 is 34.3 Å². The predicted octanol–water partition coefficient (Wildman–Crippen LogP) is 3.07. The number of carbonyl (C=O) groups is 1. The number of anilines is 1. The van der Waals surface area contributed by atoms with Crippen LogP contribution < -0.4 is 20.1 Å². The number of amides is 1. The first-order valence-electron chi connectivity index (χ1n) is 12.6. The summed E-state index contributed by atoms with van der Waals surface area (Å²) in [6.07, 6.45) is -0.263. The van der Waals surface area contributed by atoms with Crippen LogP contribution in [0.2, 0.25) is 0 Å². The topological polar surface area (TPSA) is 130 Å². The highest BCUT2D eigenvalue weighted by atomic mass is 16.6. The summed E-state index contributed by atoms with van der Waals surface area (Å²) in [6.45, 7) is 3.32. The molecule has 0 aliphatic carbocycles. The zero-order valence-electron chi connectivity index (χ0n) is 21.4. The number of rotatable bonds is 12. The first-order chi connectivity index (χ1) is 18.4. The highest BCUT2D eigenvalue weighted by Gasteiger charge is 2.21. The van der Waals surface area contributed by atoms with Gasteiger partial charge in [0.1, 0.15) is 12.4 Å². The van der Waals surface area contributed by atoms with Crippen LogP contribution in [0.5, 0.6) is 17.2 Å². The van der Waals surface area contributed by atoms with Gasteiger partial charge in [-0.15, -0.1) is 0 Å². The normalized spacial score (nSPS) is 15.2. The maximum Gasteiger partial charge on any atom is 0.221 e. The molecule has 0 unspecified atom stereocenters. The smallest absolute Gasteiger partial charge is 0.221 e. The van der Waals surface area contributed by atoms with Crippen molar-refractivity contribution in [3.63, 3.8) is 0 Å². The molecule has 3 aromatic carbocycles. The fraction of sp³-hybridized carbons (Fsp3) is 0.345. The van der Waals surface area contributed by atoms with Gasteiger partial charge in [0, 0.05) is 24.7 Å². The molecule has 5 N–H and O–H groups in total. The van der Waals surface area contributed by atoms with Crippen molar-refractivity contribution in [3.8, 4) is 17.2 Å². The van der Waals surface area contributed by atoms with E-state index in [0.29, 0.717) is 55.5 Å². The van der Waals surface area contributed by atoms with Gasteiger partial charge in [0.05, 0.1) is 25.9 Å². The molecule has 0 aromatic heterocycles. The van der Waals surface area contributed by atoms with Crippen molar-refractivity contribution in [2.24, 2.45) is 0 Å². The van der Waals surface area contributed by atoms with Gasteiger partial charge in [0.2, 0.25) is 5.91 Å². The van der Waals surface area contributed by atoms with Crippen LogP contribution in [0.1, 0.15) is 35.3 Å². The lowest BCUT2D eigenvalue weighted by Crippen LogP contribution is -2.33. The molecule has 4 rings (SSSR count). The minimum Gasteiger partial charge on any atom is -0.508 e. The van der Waals surface area contributed by atoms with Crippen LogP contribution in [0.25, 0.3) is 0 Å². The highest BCUT2D eigenvalue weighted by Crippen LogP contribution is 2.33. The van der Waals surface area contributed by atoms with Gasteiger partial charge in [-0.1, -0.05) is 24.3 Å². The number of nitrogens with one attached hydrogen (secondary N) is 2. The predicted molar refractivity (Wildman–Crippen MR) is 142 cm³/mol. The Bertz CT molecular complexity index is 1230. The van der Waals surface area contributed by atoms with E-state index in [1.807, 2.05) is 42.5 Å². The fourth-order valence-electron chi connectivity index (χ4n) is 4.18. The van der Waals surface area contributed by atoms with Crippen molar-refractivity contribution in [3.05, 3.63) is 82.9 Å². The molecule has 0 saturated heterocycles. The molecule has 3 aromatic rings. The van der Waals surface area contributed by atoms with Crippen molar-refractivity contribution in [1.29, 1.82) is 0 Å². The third kappa shape index (κ3) is 7.69. The number of aliphatic hydroxyl groups is 2. The number of hydrogen-bond acceptors (Lipinski definition) is 8. The van der Waals surface area contributed by atoms with Gasteiger partial charge in [0.25, 0.3) is 0 Å². The number of fused-ring (bicyclic) bond motifs is 1. The summed E-state index contributed by atoms with van der Waals surface area (Å²) in [6, 6.07) is 18.1. The number of benzene rings is 3. The van der Waals surface area contributed by atoms with Crippen molar-refractivity contribution >= 4 is 11.6 Å². The quantitative estimate of drug-likeness (QED) is 0.230. The lowest BCUT2D eigenvalue weighted by molar-refractivity contribution is -0.114. The maximum atomic E-state index is 11.3. The number of phenols is 1. The zero-order valence-corrected chi connectivity index (χ0v) is 21.4. The summed E-state index contributed by atoms with van der Waals surface area (Å²) in [7, 11) is 0. The average molecular weight is 523 g/mol. The van der Waals surface area contributed by atoms with Gasteiger partial charge in [-0.25, -0.2) is 0 Å². The molecule has 1 amide bonds. The molecular weight excluding hydrogens is 488 g/mol. The van der Waals surface area contributed by atoms with Gasteiger partial charge < -0.3 is 40.2 Å². The first-order valence-corrected chi connectivity index (χ1v) is 12.6. The maximum absolute atomic E-state index is 11.3. The second kappa shape index (κ2) is 13.3. The van der Waals surface area contributed by atoms with Gasteiger partial charge in [0.15, 0.2) is 17.6 Å². The summed E-state index contributed by atoms with van der Waals surface area (Å²) in [5, 5.41) is 35.4. The van der Waals surface area contributed by atoms with Crippen LogP contribution in [-0.4, -0.2) is 53.6 Å². The third-order valence-corrected chi connectivity index (χ3v) is 6.13. The van der Waals surface area contributed by atoms with Crippen LogP contribution in [0, 0.1) is 0 Å². The second-order valence-corrected chi connectivity index (χ2v) is 9.24. The number of hydrogen-bond donors (Lipinski definition) is 5. The molecule has 1 heterocycles. The van der Waals surface area contributed by atoms with Crippen molar-refractivity contribution in [2.45, 2.75) is 38.8 Å². The van der Waals surface area contributed by atoms with Gasteiger partial charge in [-0.2, -0.15) is 0 Å². The Balaban J connectivity index is 1.21. The molecule has 1 aliphatic heterocycles. The highest BCUT2D eigenvalue weighted by molar-refractivity contribution is 5.88. The van der Waals surface area contributed by atoms with E-state index >= 15 is 0 Å². The van der Waals surface area contributed by atoms with Crippen LogP contribution in [-0.2, 0) is 29.2 Å². The molecule has 38 heavy (non-hydrogen) atoms. The van der Waals surface area contributed by atoms with E-state index in [4.69, 9.17) is 14.2 Å². The number of aliphatic hydroxyl groups excluding tert-OH is 2. The largest absolute Gasteiger partial charge is 0.508 e.